The fraction of sp³-hybridized carbons (Fsp3) is 1.00. The molecule has 0 radical (unpaired) electrons. The van der Waals surface area contributed by atoms with Crippen molar-refractivity contribution in [1.29, 1.82) is 0 Å². The van der Waals surface area contributed by atoms with Crippen LogP contribution in [-0.4, -0.2) is 13.2 Å². The Morgan fingerprint density at radius 1 is 0.875 bits per heavy atom. The molecule has 8 heavy (non-hydrogen) atoms. The molecule has 0 saturated carbocycles. The van der Waals surface area contributed by atoms with Gasteiger partial charge in [0.25, 0.3) is 0 Å². The van der Waals surface area contributed by atoms with E-state index in [1.54, 1.807) is 0 Å². The van der Waals surface area contributed by atoms with Crippen LogP contribution >= 0.6 is 0 Å². The highest BCUT2D eigenvalue weighted by atomic mass is 17.2. The SMILES string of the molecule is CC.CCOOCC. The van der Waals surface area contributed by atoms with Crippen LogP contribution in [0.4, 0.5) is 0 Å². The van der Waals surface area contributed by atoms with Crippen molar-refractivity contribution < 1.29 is 9.78 Å². The summed E-state index contributed by atoms with van der Waals surface area (Å²) in [4.78, 5) is 8.97. The lowest BCUT2D eigenvalue weighted by Gasteiger charge is -1.92. The van der Waals surface area contributed by atoms with Gasteiger partial charge in [0.05, 0.1) is 13.2 Å². The van der Waals surface area contributed by atoms with Crippen molar-refractivity contribution in [3.8, 4) is 0 Å². The number of hydrogen-bond acceptors (Lipinski definition) is 2. The smallest absolute Gasteiger partial charge is 0.0794 e. The van der Waals surface area contributed by atoms with Crippen molar-refractivity contribution in [3.05, 3.63) is 0 Å². The second-order valence-electron chi connectivity index (χ2n) is 0.813. The average molecular weight is 120 g/mol. The largest absolute Gasteiger partial charge is 0.237 e. The highest BCUT2D eigenvalue weighted by Crippen LogP contribution is 1.72. The Balaban J connectivity index is 0. The van der Waals surface area contributed by atoms with Crippen LogP contribution < -0.4 is 0 Å². The first-order chi connectivity index (χ1) is 3.91. The van der Waals surface area contributed by atoms with E-state index in [1.807, 2.05) is 27.7 Å². The Morgan fingerprint density at radius 2 is 1.12 bits per heavy atom. The Kier molecular flexibility index (Phi) is 21.3. The fourth-order valence-electron chi connectivity index (χ4n) is 0.167. The lowest BCUT2D eigenvalue weighted by atomic mass is 10.9. The third-order valence-corrected chi connectivity index (χ3v) is 0.319. The Bertz CT molecular complexity index is 18.5. The summed E-state index contributed by atoms with van der Waals surface area (Å²) in [6, 6.07) is 0. The first-order valence-electron chi connectivity index (χ1n) is 3.16. The van der Waals surface area contributed by atoms with Crippen molar-refractivity contribution in [2.75, 3.05) is 13.2 Å². The zero-order valence-electron chi connectivity index (χ0n) is 6.23. The van der Waals surface area contributed by atoms with Gasteiger partial charge in [-0.3, -0.25) is 0 Å². The first kappa shape index (κ1) is 10.8. The van der Waals surface area contributed by atoms with Gasteiger partial charge in [0.1, 0.15) is 0 Å². The Labute approximate surface area is 51.7 Å². The topological polar surface area (TPSA) is 18.5 Å². The lowest BCUT2D eigenvalue weighted by molar-refractivity contribution is -0.287. The third kappa shape index (κ3) is 16.8. The molecule has 0 aliphatic carbocycles. The normalized spacial score (nSPS) is 7.50. The van der Waals surface area contributed by atoms with Gasteiger partial charge in [-0.2, -0.15) is 0 Å². The van der Waals surface area contributed by atoms with Crippen LogP contribution in [0.2, 0.25) is 0 Å². The molecule has 0 aliphatic heterocycles. The minimum absolute atomic E-state index is 0.633. The van der Waals surface area contributed by atoms with Gasteiger partial charge >= 0.3 is 0 Å². The van der Waals surface area contributed by atoms with Crippen LogP contribution in [-0.2, 0) is 9.78 Å². The van der Waals surface area contributed by atoms with Crippen LogP contribution in [0.15, 0.2) is 0 Å². The standard InChI is InChI=1S/C4H10O2.C2H6/c1-3-5-6-4-2;1-2/h3-4H2,1-2H3;1-2H3. The molecule has 0 aromatic rings. The van der Waals surface area contributed by atoms with Gasteiger partial charge in [0.2, 0.25) is 0 Å². The van der Waals surface area contributed by atoms with Crippen molar-refractivity contribution in [2.45, 2.75) is 27.7 Å². The molecule has 0 spiro atoms. The molecule has 0 aromatic carbocycles. The third-order valence-electron chi connectivity index (χ3n) is 0.319. The van der Waals surface area contributed by atoms with Crippen LogP contribution in [0.1, 0.15) is 27.7 Å². The van der Waals surface area contributed by atoms with Gasteiger partial charge in [-0.05, 0) is 13.8 Å². The van der Waals surface area contributed by atoms with E-state index < -0.39 is 0 Å². The van der Waals surface area contributed by atoms with Crippen LogP contribution in [0, 0.1) is 0 Å². The van der Waals surface area contributed by atoms with Crippen LogP contribution in [0.25, 0.3) is 0 Å². The highest BCUT2D eigenvalue weighted by Gasteiger charge is 1.71. The summed E-state index contributed by atoms with van der Waals surface area (Å²) in [5.41, 5.74) is 0. The molecular formula is C6H16O2. The van der Waals surface area contributed by atoms with Gasteiger partial charge in [-0.1, -0.05) is 13.8 Å². The minimum Gasteiger partial charge on any atom is -0.237 e. The number of rotatable bonds is 3. The summed E-state index contributed by atoms with van der Waals surface area (Å²) in [7, 11) is 0. The predicted octanol–water partition coefficient (Wildman–Crippen LogP) is 2.00. The summed E-state index contributed by atoms with van der Waals surface area (Å²) in [6.45, 7) is 9.03. The first-order valence-corrected chi connectivity index (χ1v) is 3.16. The summed E-state index contributed by atoms with van der Waals surface area (Å²) in [5, 5.41) is 0. The van der Waals surface area contributed by atoms with E-state index in [1.165, 1.54) is 0 Å². The molecule has 0 fully saturated rings. The summed E-state index contributed by atoms with van der Waals surface area (Å²) in [6.07, 6.45) is 0. The summed E-state index contributed by atoms with van der Waals surface area (Å²) in [5.74, 6) is 0. The van der Waals surface area contributed by atoms with Crippen LogP contribution in [0.5, 0.6) is 0 Å². The second-order valence-corrected chi connectivity index (χ2v) is 0.813. The summed E-state index contributed by atoms with van der Waals surface area (Å²) >= 11 is 0. The Hall–Kier alpha value is -0.0800. The maximum atomic E-state index is 4.48. The zero-order chi connectivity index (χ0) is 6.83. The molecule has 0 aromatic heterocycles. The van der Waals surface area contributed by atoms with Gasteiger partial charge in [0, 0.05) is 0 Å². The minimum atomic E-state index is 0.633. The predicted molar refractivity (Wildman–Crippen MR) is 34.6 cm³/mol. The van der Waals surface area contributed by atoms with E-state index in [0.717, 1.165) is 0 Å². The van der Waals surface area contributed by atoms with Gasteiger partial charge in [-0.25, -0.2) is 9.78 Å². The molecule has 2 heteroatoms. The van der Waals surface area contributed by atoms with E-state index in [0.29, 0.717) is 13.2 Å². The molecule has 0 unspecified atom stereocenters. The van der Waals surface area contributed by atoms with Crippen LogP contribution in [0.3, 0.4) is 0 Å². The van der Waals surface area contributed by atoms with E-state index in [4.69, 9.17) is 0 Å². The van der Waals surface area contributed by atoms with Crippen molar-refractivity contribution in [3.63, 3.8) is 0 Å². The molecule has 0 atom stereocenters. The van der Waals surface area contributed by atoms with Crippen molar-refractivity contribution in [1.82, 2.24) is 0 Å². The fourth-order valence-corrected chi connectivity index (χ4v) is 0.167. The maximum Gasteiger partial charge on any atom is 0.0794 e. The van der Waals surface area contributed by atoms with E-state index in [2.05, 4.69) is 9.78 Å². The van der Waals surface area contributed by atoms with Gasteiger partial charge < -0.3 is 0 Å². The van der Waals surface area contributed by atoms with E-state index in [-0.39, 0.29) is 0 Å². The quantitative estimate of drug-likeness (QED) is 0.322. The molecule has 0 amide bonds. The molecule has 0 rings (SSSR count). The second kappa shape index (κ2) is 15.8. The lowest BCUT2D eigenvalue weighted by Crippen LogP contribution is -1.90. The molecule has 0 aliphatic rings. The Morgan fingerprint density at radius 3 is 1.25 bits per heavy atom. The van der Waals surface area contributed by atoms with Crippen molar-refractivity contribution in [2.24, 2.45) is 0 Å². The van der Waals surface area contributed by atoms with Crippen molar-refractivity contribution >= 4 is 0 Å². The molecule has 52 valence electrons. The van der Waals surface area contributed by atoms with Gasteiger partial charge in [0.15, 0.2) is 0 Å². The molecule has 0 heterocycles. The molecule has 2 nitrogen and oxygen atoms in total. The molecule has 0 bridgehead atoms. The molecule has 0 N–H and O–H groups in total. The molecular weight excluding hydrogens is 104 g/mol. The zero-order valence-corrected chi connectivity index (χ0v) is 6.23. The van der Waals surface area contributed by atoms with E-state index >= 15 is 0 Å². The maximum absolute atomic E-state index is 4.48. The highest BCUT2D eigenvalue weighted by molar-refractivity contribution is 3.97. The van der Waals surface area contributed by atoms with Gasteiger partial charge in [-0.15, -0.1) is 0 Å². The summed E-state index contributed by atoms with van der Waals surface area (Å²) < 4.78 is 0. The molecule has 0 saturated heterocycles. The number of hydrogen-bond donors (Lipinski definition) is 0. The van der Waals surface area contributed by atoms with E-state index in [9.17, 15) is 0 Å². The average Bonchev–Trinajstić information content (AvgIpc) is 1.88. The monoisotopic (exact) mass is 120 g/mol.